The monoisotopic (exact) mass is 272 g/mol. The fraction of sp³-hybridized carbons (Fsp3) is 0.455. The molecule has 0 saturated carbocycles. The normalized spacial score (nSPS) is 27.2. The molecule has 1 saturated heterocycles. The van der Waals surface area contributed by atoms with E-state index in [2.05, 4.69) is 0 Å². The highest BCUT2D eigenvalue weighted by atomic mass is 19.1. The van der Waals surface area contributed by atoms with Crippen LogP contribution in [0.1, 0.15) is 18.2 Å². The Hall–Kier alpha value is -1.77. The third-order valence-electron chi connectivity index (χ3n) is 2.93. The van der Waals surface area contributed by atoms with Crippen molar-refractivity contribution >= 4 is 6.08 Å². The molecule has 1 aliphatic heterocycles. The van der Waals surface area contributed by atoms with E-state index in [0.717, 1.165) is 16.8 Å². The van der Waals surface area contributed by atoms with Crippen molar-refractivity contribution in [2.24, 2.45) is 0 Å². The van der Waals surface area contributed by atoms with Gasteiger partial charge in [0, 0.05) is 12.6 Å². The minimum absolute atomic E-state index is 0.0485. The van der Waals surface area contributed by atoms with Crippen molar-refractivity contribution in [3.8, 4) is 0 Å². The molecule has 2 heterocycles. The minimum Gasteiger partial charge on any atom is -0.394 e. The van der Waals surface area contributed by atoms with Gasteiger partial charge in [-0.2, -0.15) is 0 Å². The first kappa shape index (κ1) is 13.7. The second kappa shape index (κ2) is 5.47. The Kier molecular flexibility index (Phi) is 3.93. The van der Waals surface area contributed by atoms with Crippen LogP contribution in [0.4, 0.5) is 4.39 Å². The zero-order valence-electron chi connectivity index (χ0n) is 9.82. The van der Waals surface area contributed by atoms with Crippen molar-refractivity contribution in [1.82, 2.24) is 9.55 Å². The topological polar surface area (TPSA) is 105 Å². The summed E-state index contributed by atoms with van der Waals surface area (Å²) in [6.07, 6.45) is -0.185. The lowest BCUT2D eigenvalue weighted by Crippen LogP contribution is -2.33. The fourth-order valence-electron chi connectivity index (χ4n) is 1.95. The van der Waals surface area contributed by atoms with Crippen LogP contribution in [-0.4, -0.2) is 38.6 Å². The smallest absolute Gasteiger partial charge is 0.330 e. The average molecular weight is 272 g/mol. The summed E-state index contributed by atoms with van der Waals surface area (Å²) in [4.78, 5) is 25.0. The molecule has 19 heavy (non-hydrogen) atoms. The highest BCUT2D eigenvalue weighted by Gasteiger charge is 2.35. The van der Waals surface area contributed by atoms with Gasteiger partial charge in [0.25, 0.3) is 5.56 Å². The minimum atomic E-state index is -0.908. The number of halogens is 1. The van der Waals surface area contributed by atoms with E-state index >= 15 is 0 Å². The predicted octanol–water partition coefficient (Wildman–Crippen LogP) is -0.883. The number of hydrogen-bond acceptors (Lipinski definition) is 5. The van der Waals surface area contributed by atoms with Crippen LogP contribution in [0, 0.1) is 0 Å². The van der Waals surface area contributed by atoms with Gasteiger partial charge in [-0.3, -0.25) is 14.3 Å². The second-order valence-corrected chi connectivity index (χ2v) is 4.16. The molecule has 0 radical (unpaired) electrons. The molecular formula is C11H13FN2O5. The van der Waals surface area contributed by atoms with Crippen LogP contribution < -0.4 is 11.2 Å². The molecule has 0 unspecified atom stereocenters. The first-order chi connectivity index (χ1) is 9.06. The van der Waals surface area contributed by atoms with Gasteiger partial charge in [0.15, 0.2) is 0 Å². The summed E-state index contributed by atoms with van der Waals surface area (Å²) >= 11 is 0. The fourth-order valence-corrected chi connectivity index (χ4v) is 1.95. The van der Waals surface area contributed by atoms with Gasteiger partial charge in [-0.15, -0.1) is 0 Å². The molecule has 1 aromatic rings. The maximum Gasteiger partial charge on any atom is 0.330 e. The molecule has 3 N–H and O–H groups in total. The van der Waals surface area contributed by atoms with E-state index in [0.29, 0.717) is 0 Å². The number of aromatic amines is 1. The van der Waals surface area contributed by atoms with Gasteiger partial charge in [-0.05, 0) is 6.08 Å². The van der Waals surface area contributed by atoms with Gasteiger partial charge < -0.3 is 14.9 Å². The number of aliphatic hydroxyl groups is 2. The predicted molar refractivity (Wildman–Crippen MR) is 63.1 cm³/mol. The number of aromatic nitrogens is 2. The molecule has 1 aliphatic rings. The molecule has 1 aromatic heterocycles. The molecule has 0 aliphatic carbocycles. The lowest BCUT2D eigenvalue weighted by atomic mass is 10.2. The molecule has 2 rings (SSSR count). The summed E-state index contributed by atoms with van der Waals surface area (Å²) in [5.41, 5.74) is -1.49. The molecule has 8 heteroatoms. The van der Waals surface area contributed by atoms with Crippen LogP contribution in [0.15, 0.2) is 22.1 Å². The zero-order chi connectivity index (χ0) is 14.0. The SMILES string of the molecule is O=c1[nH]c(=O)n([C@H]2C[C@H](O)[C@@H](CO)O2)cc1C=CF. The second-order valence-electron chi connectivity index (χ2n) is 4.16. The Morgan fingerprint density at radius 1 is 1.58 bits per heavy atom. The van der Waals surface area contributed by atoms with E-state index in [-0.39, 0.29) is 24.9 Å². The first-order valence-electron chi connectivity index (χ1n) is 5.63. The molecule has 3 atom stereocenters. The van der Waals surface area contributed by atoms with Crippen LogP contribution in [0.5, 0.6) is 0 Å². The van der Waals surface area contributed by atoms with Crippen molar-refractivity contribution in [1.29, 1.82) is 0 Å². The van der Waals surface area contributed by atoms with Crippen LogP contribution in [-0.2, 0) is 4.74 Å². The van der Waals surface area contributed by atoms with Gasteiger partial charge in [-0.1, -0.05) is 0 Å². The van der Waals surface area contributed by atoms with E-state index in [9.17, 15) is 19.1 Å². The van der Waals surface area contributed by atoms with E-state index in [1.165, 1.54) is 0 Å². The first-order valence-corrected chi connectivity index (χ1v) is 5.63. The summed E-state index contributed by atoms with van der Waals surface area (Å²) in [5.74, 6) is 0. The zero-order valence-corrected chi connectivity index (χ0v) is 9.82. The van der Waals surface area contributed by atoms with E-state index < -0.39 is 29.7 Å². The standard InChI is InChI=1S/C11H13FN2O5/c12-2-1-6-4-14(11(18)13-10(6)17)9-3-7(16)8(5-15)19-9/h1-2,4,7-9,15-16H,3,5H2,(H,13,17,18)/t7-,8+,9+/m0/s1. The van der Waals surface area contributed by atoms with Crippen molar-refractivity contribution in [2.45, 2.75) is 24.9 Å². The van der Waals surface area contributed by atoms with Crippen molar-refractivity contribution < 1.29 is 19.3 Å². The number of aliphatic hydroxyl groups excluding tert-OH is 2. The Balaban J connectivity index is 2.38. The Morgan fingerprint density at radius 2 is 2.32 bits per heavy atom. The van der Waals surface area contributed by atoms with Gasteiger partial charge in [0.2, 0.25) is 0 Å². The summed E-state index contributed by atoms with van der Waals surface area (Å²) in [5, 5.41) is 18.6. The Labute approximate surface area is 106 Å². The molecule has 7 nitrogen and oxygen atoms in total. The van der Waals surface area contributed by atoms with Gasteiger partial charge >= 0.3 is 5.69 Å². The van der Waals surface area contributed by atoms with Crippen LogP contribution in [0.3, 0.4) is 0 Å². The van der Waals surface area contributed by atoms with E-state index in [1.807, 2.05) is 4.98 Å². The maximum absolute atomic E-state index is 12.1. The largest absolute Gasteiger partial charge is 0.394 e. The molecule has 0 amide bonds. The maximum atomic E-state index is 12.1. The highest BCUT2D eigenvalue weighted by molar-refractivity contribution is 5.44. The quantitative estimate of drug-likeness (QED) is 0.662. The number of ether oxygens (including phenoxy) is 1. The number of nitrogens with one attached hydrogen (secondary N) is 1. The summed E-state index contributed by atoms with van der Waals surface area (Å²) in [6.45, 7) is -0.382. The summed E-state index contributed by atoms with van der Waals surface area (Å²) in [7, 11) is 0. The number of nitrogens with zero attached hydrogens (tertiary/aromatic N) is 1. The third kappa shape index (κ3) is 2.65. The van der Waals surface area contributed by atoms with Crippen molar-refractivity contribution in [3.63, 3.8) is 0 Å². The number of hydrogen-bond donors (Lipinski definition) is 3. The highest BCUT2D eigenvalue weighted by Crippen LogP contribution is 2.27. The van der Waals surface area contributed by atoms with Crippen molar-refractivity contribution in [2.75, 3.05) is 6.61 Å². The van der Waals surface area contributed by atoms with E-state index in [1.54, 1.807) is 0 Å². The molecule has 0 spiro atoms. The number of H-pyrrole nitrogens is 1. The lowest BCUT2D eigenvalue weighted by molar-refractivity contribution is -0.0459. The van der Waals surface area contributed by atoms with E-state index in [4.69, 9.17) is 9.84 Å². The lowest BCUT2D eigenvalue weighted by Gasteiger charge is -2.14. The van der Waals surface area contributed by atoms with Crippen LogP contribution >= 0.6 is 0 Å². The average Bonchev–Trinajstić information content (AvgIpc) is 2.74. The van der Waals surface area contributed by atoms with Gasteiger partial charge in [0.1, 0.15) is 12.3 Å². The molecular weight excluding hydrogens is 259 g/mol. The van der Waals surface area contributed by atoms with Crippen LogP contribution in [0.25, 0.3) is 6.08 Å². The number of rotatable bonds is 3. The van der Waals surface area contributed by atoms with Gasteiger partial charge in [0.05, 0.1) is 24.6 Å². The molecule has 1 fully saturated rings. The Bertz CT molecular complexity index is 593. The third-order valence-corrected chi connectivity index (χ3v) is 2.93. The molecule has 0 aromatic carbocycles. The Morgan fingerprint density at radius 3 is 2.89 bits per heavy atom. The summed E-state index contributed by atoms with van der Waals surface area (Å²) < 4.78 is 18.5. The molecule has 0 bridgehead atoms. The van der Waals surface area contributed by atoms with Crippen molar-refractivity contribution in [3.05, 3.63) is 38.9 Å². The summed E-state index contributed by atoms with van der Waals surface area (Å²) in [6, 6.07) is 0. The molecule has 104 valence electrons. The van der Waals surface area contributed by atoms with Crippen LogP contribution in [0.2, 0.25) is 0 Å². The van der Waals surface area contributed by atoms with Gasteiger partial charge in [-0.25, -0.2) is 9.18 Å².